The number of nitrogens with one attached hydrogen (secondary N) is 1. The molecule has 0 aliphatic carbocycles. The molecule has 1 aromatic rings. The molecule has 1 fully saturated rings. The summed E-state index contributed by atoms with van der Waals surface area (Å²) in [6.45, 7) is 5.85. The number of hydrogen-bond donors (Lipinski definition) is 1. The lowest BCUT2D eigenvalue weighted by molar-refractivity contribution is -0.274. The quantitative estimate of drug-likeness (QED) is 0.865. The highest BCUT2D eigenvalue weighted by molar-refractivity contribution is 6.00. The molecular formula is C16H14F3NO3. The lowest BCUT2D eigenvalue weighted by atomic mass is 9.99. The number of halogens is 3. The Morgan fingerprint density at radius 3 is 2.57 bits per heavy atom. The summed E-state index contributed by atoms with van der Waals surface area (Å²) in [5.74, 6) is -0.720. The van der Waals surface area contributed by atoms with Crippen LogP contribution in [0.25, 0.3) is 5.57 Å². The minimum Gasteiger partial charge on any atom is -0.406 e. The normalized spacial score (nSPS) is 18.9. The molecule has 1 aliphatic heterocycles. The highest BCUT2D eigenvalue weighted by Gasteiger charge is 2.31. The molecule has 0 unspecified atom stereocenters. The van der Waals surface area contributed by atoms with Crippen molar-refractivity contribution in [3.8, 4) is 5.75 Å². The Kier molecular flexibility index (Phi) is 4.90. The maximum Gasteiger partial charge on any atom is 0.573 e. The lowest BCUT2D eigenvalue weighted by Gasteiger charge is -2.18. The SMILES string of the molecule is C=C(/C=C1/C(=O)NOC/C1=C/C)c1ccc(OC(F)(F)F)cc1. The van der Waals surface area contributed by atoms with Crippen molar-refractivity contribution < 1.29 is 27.5 Å². The number of rotatable bonds is 3. The molecule has 122 valence electrons. The Morgan fingerprint density at radius 1 is 1.35 bits per heavy atom. The summed E-state index contributed by atoms with van der Waals surface area (Å²) in [4.78, 5) is 16.7. The van der Waals surface area contributed by atoms with Crippen LogP contribution in [0.1, 0.15) is 12.5 Å². The van der Waals surface area contributed by atoms with Crippen molar-refractivity contribution in [2.45, 2.75) is 13.3 Å². The van der Waals surface area contributed by atoms with Crippen LogP contribution in [0.4, 0.5) is 13.2 Å². The number of hydroxylamine groups is 1. The van der Waals surface area contributed by atoms with Crippen LogP contribution in [0.15, 0.2) is 54.1 Å². The fourth-order valence-electron chi connectivity index (χ4n) is 1.98. The second-order valence-corrected chi connectivity index (χ2v) is 4.69. The van der Waals surface area contributed by atoms with E-state index in [2.05, 4.69) is 16.8 Å². The van der Waals surface area contributed by atoms with Crippen LogP contribution in [-0.4, -0.2) is 18.9 Å². The van der Waals surface area contributed by atoms with Gasteiger partial charge in [-0.05, 0) is 41.8 Å². The topological polar surface area (TPSA) is 47.6 Å². The van der Waals surface area contributed by atoms with E-state index in [-0.39, 0.29) is 12.4 Å². The van der Waals surface area contributed by atoms with Crippen molar-refractivity contribution in [3.63, 3.8) is 0 Å². The Hall–Kier alpha value is -2.54. The van der Waals surface area contributed by atoms with E-state index < -0.39 is 12.3 Å². The van der Waals surface area contributed by atoms with Crippen molar-refractivity contribution in [2.24, 2.45) is 0 Å². The van der Waals surface area contributed by atoms with Gasteiger partial charge in [-0.2, -0.15) is 0 Å². The molecule has 2 rings (SSSR count). The molecule has 0 aromatic heterocycles. The van der Waals surface area contributed by atoms with Crippen molar-refractivity contribution >= 4 is 11.5 Å². The fourth-order valence-corrected chi connectivity index (χ4v) is 1.98. The number of hydrogen-bond acceptors (Lipinski definition) is 3. The Bertz CT molecular complexity index is 673. The summed E-state index contributed by atoms with van der Waals surface area (Å²) in [5, 5.41) is 0. The summed E-state index contributed by atoms with van der Waals surface area (Å²) >= 11 is 0. The van der Waals surface area contributed by atoms with Gasteiger partial charge in [0.05, 0.1) is 0 Å². The van der Waals surface area contributed by atoms with Gasteiger partial charge in [-0.3, -0.25) is 9.63 Å². The summed E-state index contributed by atoms with van der Waals surface area (Å²) in [7, 11) is 0. The molecular weight excluding hydrogens is 311 g/mol. The first-order chi connectivity index (χ1) is 10.8. The Labute approximate surface area is 130 Å². The highest BCUT2D eigenvalue weighted by Crippen LogP contribution is 2.26. The van der Waals surface area contributed by atoms with Crippen LogP contribution >= 0.6 is 0 Å². The van der Waals surface area contributed by atoms with Gasteiger partial charge in [-0.25, -0.2) is 5.48 Å². The molecule has 1 amide bonds. The van der Waals surface area contributed by atoms with Crippen molar-refractivity contribution in [3.05, 3.63) is 59.7 Å². The zero-order chi connectivity index (χ0) is 17.0. The molecule has 1 saturated heterocycles. The molecule has 0 atom stereocenters. The predicted molar refractivity (Wildman–Crippen MR) is 78.1 cm³/mol. The van der Waals surface area contributed by atoms with E-state index in [9.17, 15) is 18.0 Å². The molecule has 7 heteroatoms. The fraction of sp³-hybridized carbons (Fsp3) is 0.188. The van der Waals surface area contributed by atoms with Gasteiger partial charge in [0, 0.05) is 5.57 Å². The van der Waals surface area contributed by atoms with E-state index in [1.807, 2.05) is 0 Å². The standard InChI is InChI=1S/C16H14F3NO3/c1-3-11-9-22-20-15(21)14(11)8-10(2)12-4-6-13(7-5-12)23-16(17,18)19/h3-8H,2,9H2,1H3,(H,20,21)/b11-3-,14-8+. The summed E-state index contributed by atoms with van der Waals surface area (Å²) < 4.78 is 40.2. The summed E-state index contributed by atoms with van der Waals surface area (Å²) in [6.07, 6.45) is -1.42. The summed E-state index contributed by atoms with van der Waals surface area (Å²) in [6, 6.07) is 5.25. The first-order valence-corrected chi connectivity index (χ1v) is 6.64. The number of carbonyl (C=O) groups is 1. The molecule has 0 saturated carbocycles. The van der Waals surface area contributed by atoms with Gasteiger partial charge in [0.2, 0.25) is 0 Å². The molecule has 1 aromatic carbocycles. The van der Waals surface area contributed by atoms with E-state index in [0.29, 0.717) is 22.3 Å². The molecule has 0 radical (unpaired) electrons. The molecule has 4 nitrogen and oxygen atoms in total. The van der Waals surface area contributed by atoms with Gasteiger partial charge in [0.1, 0.15) is 12.4 Å². The van der Waals surface area contributed by atoms with Gasteiger partial charge < -0.3 is 4.74 Å². The maximum atomic E-state index is 12.1. The van der Waals surface area contributed by atoms with Crippen molar-refractivity contribution in [1.82, 2.24) is 5.48 Å². The number of benzene rings is 1. The van der Waals surface area contributed by atoms with Crippen LogP contribution in [0, 0.1) is 0 Å². The van der Waals surface area contributed by atoms with Gasteiger partial charge in [0.25, 0.3) is 5.91 Å². The largest absolute Gasteiger partial charge is 0.573 e. The summed E-state index contributed by atoms with van der Waals surface area (Å²) in [5.41, 5.74) is 4.41. The lowest BCUT2D eigenvalue weighted by Crippen LogP contribution is -2.33. The molecule has 1 heterocycles. The maximum absolute atomic E-state index is 12.1. The van der Waals surface area contributed by atoms with E-state index in [1.165, 1.54) is 24.3 Å². The van der Waals surface area contributed by atoms with E-state index in [4.69, 9.17) is 4.84 Å². The third kappa shape index (κ3) is 4.46. The van der Waals surface area contributed by atoms with Crippen LogP contribution in [-0.2, 0) is 9.63 Å². The number of amides is 1. The first-order valence-electron chi connectivity index (χ1n) is 6.64. The van der Waals surface area contributed by atoms with Crippen molar-refractivity contribution in [2.75, 3.05) is 6.61 Å². The predicted octanol–water partition coefficient (Wildman–Crippen LogP) is 3.53. The number of carbonyl (C=O) groups excluding carboxylic acids is 1. The molecule has 1 N–H and O–H groups in total. The minimum absolute atomic E-state index is 0.236. The zero-order valence-electron chi connectivity index (χ0n) is 12.2. The molecule has 1 aliphatic rings. The minimum atomic E-state index is -4.73. The van der Waals surface area contributed by atoms with Crippen LogP contribution in [0.5, 0.6) is 5.75 Å². The van der Waals surface area contributed by atoms with Crippen LogP contribution < -0.4 is 10.2 Å². The smallest absolute Gasteiger partial charge is 0.406 e. The van der Waals surface area contributed by atoms with Crippen LogP contribution in [0.3, 0.4) is 0 Å². The third-order valence-corrected chi connectivity index (χ3v) is 3.11. The Morgan fingerprint density at radius 2 is 2.00 bits per heavy atom. The third-order valence-electron chi connectivity index (χ3n) is 3.11. The van der Waals surface area contributed by atoms with Gasteiger partial charge in [0.15, 0.2) is 0 Å². The highest BCUT2D eigenvalue weighted by atomic mass is 19.4. The average Bonchev–Trinajstić information content (AvgIpc) is 2.48. The van der Waals surface area contributed by atoms with E-state index >= 15 is 0 Å². The second-order valence-electron chi connectivity index (χ2n) is 4.69. The van der Waals surface area contributed by atoms with Crippen LogP contribution in [0.2, 0.25) is 0 Å². The zero-order valence-corrected chi connectivity index (χ0v) is 12.2. The van der Waals surface area contributed by atoms with E-state index in [1.54, 1.807) is 19.1 Å². The number of allylic oxidation sites excluding steroid dienone is 3. The number of ether oxygens (including phenoxy) is 1. The second kappa shape index (κ2) is 6.70. The Balaban J connectivity index is 2.20. The van der Waals surface area contributed by atoms with Gasteiger partial charge in [-0.1, -0.05) is 24.8 Å². The number of alkyl halides is 3. The van der Waals surface area contributed by atoms with Gasteiger partial charge in [-0.15, -0.1) is 13.2 Å². The average molecular weight is 325 g/mol. The van der Waals surface area contributed by atoms with Gasteiger partial charge >= 0.3 is 6.36 Å². The van der Waals surface area contributed by atoms with Crippen molar-refractivity contribution in [1.29, 1.82) is 0 Å². The monoisotopic (exact) mass is 325 g/mol. The first kappa shape index (κ1) is 16.8. The molecule has 23 heavy (non-hydrogen) atoms. The molecule has 0 bridgehead atoms. The molecule has 0 spiro atoms. The van der Waals surface area contributed by atoms with E-state index in [0.717, 1.165) is 0 Å².